The molecule has 4 rings (SSSR count). The van der Waals surface area contributed by atoms with Crippen LogP contribution >= 0.6 is 0 Å². The van der Waals surface area contributed by atoms with Crippen molar-refractivity contribution < 1.29 is 0 Å². The van der Waals surface area contributed by atoms with E-state index in [1.165, 1.54) is 71.4 Å². The van der Waals surface area contributed by atoms with Crippen molar-refractivity contribution in [1.29, 1.82) is 0 Å². The van der Waals surface area contributed by atoms with Gasteiger partial charge in [-0.1, -0.05) is 25.3 Å². The first-order valence-corrected chi connectivity index (χ1v) is 10.2. The number of hydrogen-bond donors (Lipinski definition) is 0. The maximum absolute atomic E-state index is 11.7. The molecule has 3 fully saturated rings. The molecule has 0 amide bonds. The second-order valence-corrected chi connectivity index (χ2v) is 8.01. The molecule has 1 aromatic heterocycles. The van der Waals surface area contributed by atoms with Gasteiger partial charge in [0.15, 0.2) is 0 Å². The fraction of sp³-hybridized carbons (Fsp3) is 0.750. The maximum Gasteiger partial charge on any atom is 0.250 e. The molecule has 0 radical (unpaired) electrons. The average Bonchev–Trinajstić information content (AvgIpc) is 2.63. The van der Waals surface area contributed by atoms with Gasteiger partial charge >= 0.3 is 0 Å². The lowest BCUT2D eigenvalue weighted by Crippen LogP contribution is -2.64. The highest BCUT2D eigenvalue weighted by Crippen LogP contribution is 2.24. The summed E-state index contributed by atoms with van der Waals surface area (Å²) in [7, 11) is 0. The summed E-state index contributed by atoms with van der Waals surface area (Å²) in [6.45, 7) is 9.15. The van der Waals surface area contributed by atoms with Crippen LogP contribution in [-0.2, 0) is 6.54 Å². The summed E-state index contributed by atoms with van der Waals surface area (Å²) in [4.78, 5) is 19.7. The van der Waals surface area contributed by atoms with E-state index in [2.05, 4.69) is 14.7 Å². The highest BCUT2D eigenvalue weighted by Gasteiger charge is 2.34. The highest BCUT2D eigenvalue weighted by atomic mass is 16.1. The van der Waals surface area contributed by atoms with Crippen molar-refractivity contribution in [3.63, 3.8) is 0 Å². The van der Waals surface area contributed by atoms with E-state index in [0.29, 0.717) is 0 Å². The smallest absolute Gasteiger partial charge is 0.250 e. The zero-order valence-electron chi connectivity index (χ0n) is 15.4. The lowest BCUT2D eigenvalue weighted by molar-refractivity contribution is -0.00825. The number of likely N-dealkylation sites (tertiary alicyclic amines) is 1. The summed E-state index contributed by atoms with van der Waals surface area (Å²) < 4.78 is 1.82. The number of aromatic nitrogens is 1. The van der Waals surface area contributed by atoms with Crippen molar-refractivity contribution in [3.05, 3.63) is 34.7 Å². The molecular formula is C20H32N4O. The summed E-state index contributed by atoms with van der Waals surface area (Å²) in [6, 6.07) is 7.00. The van der Waals surface area contributed by atoms with Crippen molar-refractivity contribution in [2.75, 3.05) is 45.8 Å². The van der Waals surface area contributed by atoms with Crippen LogP contribution in [0.15, 0.2) is 29.2 Å². The van der Waals surface area contributed by atoms with Gasteiger partial charge in [0, 0.05) is 76.7 Å². The molecule has 3 heterocycles. The van der Waals surface area contributed by atoms with Crippen molar-refractivity contribution in [1.82, 2.24) is 19.3 Å². The van der Waals surface area contributed by atoms with Crippen LogP contribution in [0.3, 0.4) is 0 Å². The molecule has 2 saturated heterocycles. The van der Waals surface area contributed by atoms with E-state index >= 15 is 0 Å². The summed E-state index contributed by atoms with van der Waals surface area (Å²) in [5, 5.41) is 0. The molecule has 1 saturated carbocycles. The number of rotatable bonds is 5. The van der Waals surface area contributed by atoms with Crippen LogP contribution in [-0.4, -0.2) is 77.2 Å². The second-order valence-electron chi connectivity index (χ2n) is 8.01. The Kier molecular flexibility index (Phi) is 5.54. The van der Waals surface area contributed by atoms with Crippen LogP contribution in [0, 0.1) is 0 Å². The minimum absolute atomic E-state index is 0.110. The van der Waals surface area contributed by atoms with Crippen LogP contribution in [0.25, 0.3) is 0 Å². The van der Waals surface area contributed by atoms with Crippen molar-refractivity contribution in [2.45, 2.75) is 50.7 Å². The monoisotopic (exact) mass is 344 g/mol. The van der Waals surface area contributed by atoms with Crippen LogP contribution < -0.4 is 5.56 Å². The molecule has 0 atom stereocenters. The first kappa shape index (κ1) is 17.3. The number of nitrogens with zero attached hydrogens (tertiary/aromatic N) is 4. The van der Waals surface area contributed by atoms with Crippen LogP contribution in [0.2, 0.25) is 0 Å². The van der Waals surface area contributed by atoms with Crippen molar-refractivity contribution in [2.24, 2.45) is 0 Å². The second kappa shape index (κ2) is 8.02. The third-order valence-electron chi connectivity index (χ3n) is 6.45. The Morgan fingerprint density at radius 3 is 2.20 bits per heavy atom. The van der Waals surface area contributed by atoms with E-state index in [0.717, 1.165) is 25.2 Å². The molecule has 0 N–H and O–H groups in total. The lowest BCUT2D eigenvalue weighted by Gasteiger charge is -2.49. The Labute approximate surface area is 151 Å². The third kappa shape index (κ3) is 4.15. The lowest BCUT2D eigenvalue weighted by atomic mass is 9.93. The molecule has 1 aliphatic carbocycles. The normalized spacial score (nSPS) is 25.1. The van der Waals surface area contributed by atoms with Gasteiger partial charge in [0.25, 0.3) is 5.56 Å². The van der Waals surface area contributed by atoms with E-state index in [1.54, 1.807) is 6.07 Å². The number of pyridine rings is 1. The predicted molar refractivity (Wildman–Crippen MR) is 101 cm³/mol. The van der Waals surface area contributed by atoms with E-state index in [1.807, 2.05) is 22.9 Å². The van der Waals surface area contributed by atoms with Crippen LogP contribution in [0.1, 0.15) is 32.1 Å². The Morgan fingerprint density at radius 2 is 1.52 bits per heavy atom. The SMILES string of the molecule is O=c1ccccn1CCN1CC(N2CCN(C3CCCCC3)CC2)C1. The molecule has 2 aliphatic heterocycles. The maximum atomic E-state index is 11.7. The van der Waals surface area contributed by atoms with Crippen LogP contribution in [0.4, 0.5) is 0 Å². The molecule has 3 aliphatic rings. The van der Waals surface area contributed by atoms with Gasteiger partial charge in [-0.2, -0.15) is 0 Å². The largest absolute Gasteiger partial charge is 0.314 e. The highest BCUT2D eigenvalue weighted by molar-refractivity contribution is 4.95. The topological polar surface area (TPSA) is 31.7 Å². The van der Waals surface area contributed by atoms with Crippen LogP contribution in [0.5, 0.6) is 0 Å². The Bertz CT molecular complexity index is 596. The van der Waals surface area contributed by atoms with Gasteiger partial charge in [0.1, 0.15) is 0 Å². The first-order chi connectivity index (χ1) is 12.3. The van der Waals surface area contributed by atoms with Gasteiger partial charge in [-0.05, 0) is 18.9 Å². The number of hydrogen-bond acceptors (Lipinski definition) is 4. The van der Waals surface area contributed by atoms with Crippen molar-refractivity contribution in [3.8, 4) is 0 Å². The molecule has 1 aromatic rings. The average molecular weight is 345 g/mol. The van der Waals surface area contributed by atoms with Crippen molar-refractivity contribution >= 4 is 0 Å². The van der Waals surface area contributed by atoms with Gasteiger partial charge in [0.2, 0.25) is 0 Å². The van der Waals surface area contributed by atoms with Gasteiger partial charge in [-0.15, -0.1) is 0 Å². The quantitative estimate of drug-likeness (QED) is 0.810. The minimum Gasteiger partial charge on any atom is -0.314 e. The molecule has 0 bridgehead atoms. The summed E-state index contributed by atoms with van der Waals surface area (Å²) in [5.74, 6) is 0. The Balaban J connectivity index is 1.16. The molecule has 25 heavy (non-hydrogen) atoms. The van der Waals surface area contributed by atoms with E-state index in [4.69, 9.17) is 0 Å². The predicted octanol–water partition coefficient (Wildman–Crippen LogP) is 1.48. The van der Waals surface area contributed by atoms with Gasteiger partial charge < -0.3 is 4.57 Å². The van der Waals surface area contributed by atoms with E-state index in [9.17, 15) is 4.79 Å². The fourth-order valence-electron chi connectivity index (χ4n) is 4.76. The fourth-order valence-corrected chi connectivity index (χ4v) is 4.76. The summed E-state index contributed by atoms with van der Waals surface area (Å²) in [6.07, 6.45) is 9.07. The number of piperazine rings is 1. The minimum atomic E-state index is 0.110. The molecule has 5 heteroatoms. The molecule has 0 spiro atoms. The summed E-state index contributed by atoms with van der Waals surface area (Å²) >= 11 is 0. The zero-order chi connectivity index (χ0) is 17.1. The zero-order valence-corrected chi connectivity index (χ0v) is 15.4. The third-order valence-corrected chi connectivity index (χ3v) is 6.45. The Hall–Kier alpha value is -1.17. The molecule has 0 aromatic carbocycles. The molecular weight excluding hydrogens is 312 g/mol. The first-order valence-electron chi connectivity index (χ1n) is 10.2. The van der Waals surface area contributed by atoms with Gasteiger partial charge in [-0.3, -0.25) is 19.5 Å². The molecule has 138 valence electrons. The molecule has 5 nitrogen and oxygen atoms in total. The Morgan fingerprint density at radius 1 is 0.840 bits per heavy atom. The van der Waals surface area contributed by atoms with E-state index < -0.39 is 0 Å². The van der Waals surface area contributed by atoms with Gasteiger partial charge in [0.05, 0.1) is 0 Å². The standard InChI is InChI=1S/C20H32N4O/c25-20-8-4-5-9-24(20)11-10-21-16-19(17-21)23-14-12-22(13-15-23)18-6-2-1-3-7-18/h4-5,8-9,18-19H,1-3,6-7,10-17H2. The summed E-state index contributed by atoms with van der Waals surface area (Å²) in [5.41, 5.74) is 0.110. The van der Waals surface area contributed by atoms with E-state index in [-0.39, 0.29) is 5.56 Å². The molecule has 0 unspecified atom stereocenters. The van der Waals surface area contributed by atoms with Gasteiger partial charge in [-0.25, -0.2) is 0 Å².